The van der Waals surface area contributed by atoms with Gasteiger partial charge in [-0.3, -0.25) is 9.36 Å². The van der Waals surface area contributed by atoms with E-state index < -0.39 is 25.5 Å². The molecule has 0 spiro atoms. The van der Waals surface area contributed by atoms with Crippen LogP contribution in [0.25, 0.3) is 0 Å². The van der Waals surface area contributed by atoms with Gasteiger partial charge < -0.3 is 29.1 Å². The van der Waals surface area contributed by atoms with Crippen LogP contribution in [-0.4, -0.2) is 47.4 Å². The van der Waals surface area contributed by atoms with E-state index in [2.05, 4.69) is 4.52 Å². The number of cyclic esters (lactones) is 1. The number of rotatable bonds is 11. The molecule has 0 saturated carbocycles. The van der Waals surface area contributed by atoms with Gasteiger partial charge in [0.15, 0.2) is 0 Å². The molecule has 0 bridgehead atoms. The second-order valence-electron chi connectivity index (χ2n) is 7.62. The number of carboxylic acids is 1. The van der Waals surface area contributed by atoms with E-state index in [1.807, 2.05) is 0 Å². The second-order valence-corrected chi connectivity index (χ2v) is 9.62. The summed E-state index contributed by atoms with van der Waals surface area (Å²) < 4.78 is 26.4. The van der Waals surface area contributed by atoms with E-state index in [1.54, 1.807) is 26.0 Å². The average molecular weight is 468 g/mol. The van der Waals surface area contributed by atoms with Gasteiger partial charge in [0.2, 0.25) is 0 Å². The quantitative estimate of drug-likeness (QED) is 0.252. The van der Waals surface area contributed by atoms with Crippen molar-refractivity contribution < 1.29 is 43.3 Å². The molecule has 3 N–H and O–H groups in total. The van der Waals surface area contributed by atoms with E-state index in [0.29, 0.717) is 16.9 Å². The number of benzene rings is 1. The number of phenols is 1. The third-order valence-electron chi connectivity index (χ3n) is 5.43. The maximum Gasteiger partial charge on any atom is 0.342 e. The van der Waals surface area contributed by atoms with Crippen molar-refractivity contribution in [2.24, 2.45) is 5.92 Å². The molecule has 0 fully saturated rings. The van der Waals surface area contributed by atoms with Crippen molar-refractivity contribution in [3.8, 4) is 11.5 Å². The molecule has 0 aromatic heterocycles. The number of carboxylic acid groups (broad SMARTS) is 1. The van der Waals surface area contributed by atoms with Gasteiger partial charge in [-0.1, -0.05) is 23.8 Å². The zero-order valence-corrected chi connectivity index (χ0v) is 19.5. The molecule has 1 aromatic carbocycles. The van der Waals surface area contributed by atoms with Gasteiger partial charge in [-0.25, -0.2) is 4.79 Å². The van der Waals surface area contributed by atoms with E-state index in [9.17, 15) is 29.3 Å². The van der Waals surface area contributed by atoms with Crippen LogP contribution in [0.15, 0.2) is 23.8 Å². The van der Waals surface area contributed by atoms with Crippen LogP contribution in [-0.2, 0) is 31.6 Å². The van der Waals surface area contributed by atoms with E-state index >= 15 is 0 Å². The number of esters is 1. The molecule has 2 rings (SSSR count). The summed E-state index contributed by atoms with van der Waals surface area (Å²) in [6, 6.07) is 0. The van der Waals surface area contributed by atoms with Gasteiger partial charge in [-0.2, -0.15) is 0 Å². The standard InChI is InChI=1S/C22H29O9P/c1-13(11-15(21(24)25)7-5-6-10-32(27,28)30-4)8-9-16-19(23)18-17(12-31-22(18)26)14(2)20(16)29-3/h5-6,8,15,23H,7,9-12H2,1-4H3,(H,24,25)(H,27,28). The molecule has 0 amide bonds. The Morgan fingerprint density at radius 2 is 2.00 bits per heavy atom. The van der Waals surface area contributed by atoms with Gasteiger partial charge in [-0.15, -0.1) is 0 Å². The lowest BCUT2D eigenvalue weighted by molar-refractivity contribution is -0.141. The van der Waals surface area contributed by atoms with E-state index in [1.165, 1.54) is 13.2 Å². The number of fused-ring (bicyclic) bond motifs is 1. The number of hydrogen-bond acceptors (Lipinski definition) is 7. The first kappa shape index (κ1) is 25.6. The zero-order chi connectivity index (χ0) is 24.1. The lowest BCUT2D eigenvalue weighted by Gasteiger charge is -2.16. The minimum atomic E-state index is -3.67. The summed E-state index contributed by atoms with van der Waals surface area (Å²) in [5.41, 5.74) is 2.69. The van der Waals surface area contributed by atoms with Crippen molar-refractivity contribution in [1.29, 1.82) is 0 Å². The number of ether oxygens (including phenoxy) is 2. The zero-order valence-electron chi connectivity index (χ0n) is 18.6. The lowest BCUT2D eigenvalue weighted by atomic mass is 9.93. The number of aliphatic carboxylic acids is 1. The van der Waals surface area contributed by atoms with Crippen LogP contribution < -0.4 is 4.74 Å². The third-order valence-corrected chi connectivity index (χ3v) is 6.67. The highest BCUT2D eigenvalue weighted by molar-refractivity contribution is 7.53. The molecule has 1 aromatic rings. The van der Waals surface area contributed by atoms with Crippen molar-refractivity contribution in [1.82, 2.24) is 0 Å². The Morgan fingerprint density at radius 3 is 2.59 bits per heavy atom. The number of carbonyl (C=O) groups excluding carboxylic acids is 1. The predicted octanol–water partition coefficient (Wildman–Crippen LogP) is 3.74. The van der Waals surface area contributed by atoms with Gasteiger partial charge in [0.05, 0.1) is 19.2 Å². The van der Waals surface area contributed by atoms with E-state index in [4.69, 9.17) is 9.47 Å². The molecule has 1 aliphatic heterocycles. The van der Waals surface area contributed by atoms with Gasteiger partial charge in [0.1, 0.15) is 23.7 Å². The third kappa shape index (κ3) is 6.00. The summed E-state index contributed by atoms with van der Waals surface area (Å²) in [4.78, 5) is 33.0. The van der Waals surface area contributed by atoms with Crippen LogP contribution >= 0.6 is 7.60 Å². The highest BCUT2D eigenvalue weighted by Crippen LogP contribution is 2.42. The van der Waals surface area contributed by atoms with Crippen molar-refractivity contribution in [2.75, 3.05) is 20.4 Å². The van der Waals surface area contributed by atoms with Gasteiger partial charge in [0.25, 0.3) is 0 Å². The highest BCUT2D eigenvalue weighted by atomic mass is 31.2. The molecular weight excluding hydrogens is 439 g/mol. The van der Waals surface area contributed by atoms with Gasteiger partial charge in [0, 0.05) is 18.2 Å². The fraction of sp³-hybridized carbons (Fsp3) is 0.455. The molecule has 176 valence electrons. The first-order valence-corrected chi connectivity index (χ1v) is 11.8. The maximum atomic E-state index is 12.0. The van der Waals surface area contributed by atoms with Crippen LogP contribution in [0.3, 0.4) is 0 Å². The molecule has 32 heavy (non-hydrogen) atoms. The summed E-state index contributed by atoms with van der Waals surface area (Å²) >= 11 is 0. The fourth-order valence-corrected chi connectivity index (χ4v) is 4.16. The molecular formula is C22H29O9P. The van der Waals surface area contributed by atoms with Crippen LogP contribution in [0.5, 0.6) is 11.5 Å². The first-order valence-electron chi connectivity index (χ1n) is 10.0. The number of carbonyl (C=O) groups is 2. The maximum absolute atomic E-state index is 12.0. The minimum Gasteiger partial charge on any atom is -0.507 e. The van der Waals surface area contributed by atoms with Crippen molar-refractivity contribution >= 4 is 19.5 Å². The molecule has 0 saturated heterocycles. The van der Waals surface area contributed by atoms with Gasteiger partial charge in [-0.05, 0) is 38.7 Å². The molecule has 1 heterocycles. The Hall–Kier alpha value is -2.61. The summed E-state index contributed by atoms with van der Waals surface area (Å²) in [6.07, 6.45) is 5.26. The summed E-state index contributed by atoms with van der Waals surface area (Å²) in [5, 5.41) is 20.2. The normalized spacial score (nSPS) is 16.5. The minimum absolute atomic E-state index is 0.0863. The van der Waals surface area contributed by atoms with Crippen LogP contribution in [0.2, 0.25) is 0 Å². The number of phenolic OH excluding ortho intramolecular Hbond substituents is 1. The number of allylic oxidation sites excluding steroid dienone is 4. The van der Waals surface area contributed by atoms with Crippen LogP contribution in [0.4, 0.5) is 0 Å². The van der Waals surface area contributed by atoms with Crippen molar-refractivity contribution in [2.45, 2.75) is 39.7 Å². The number of aromatic hydroxyl groups is 1. The SMILES string of the molecule is COc1c(C)c2c(c(O)c1CC=C(C)CC(CC=CCP(=O)(O)OC)C(=O)O)C(=O)OC2. The Kier molecular flexibility index (Phi) is 8.66. The Bertz CT molecular complexity index is 994. The van der Waals surface area contributed by atoms with Crippen molar-refractivity contribution in [3.63, 3.8) is 0 Å². The largest absolute Gasteiger partial charge is 0.507 e. The van der Waals surface area contributed by atoms with Gasteiger partial charge >= 0.3 is 19.5 Å². The van der Waals surface area contributed by atoms with Crippen LogP contribution in [0, 0.1) is 12.8 Å². The van der Waals surface area contributed by atoms with E-state index in [-0.39, 0.29) is 43.3 Å². The molecule has 0 radical (unpaired) electrons. The monoisotopic (exact) mass is 468 g/mol. The number of hydrogen-bond donors (Lipinski definition) is 3. The number of methoxy groups -OCH3 is 1. The molecule has 10 heteroatoms. The summed E-state index contributed by atoms with van der Waals surface area (Å²) in [5.74, 6) is -2.01. The molecule has 1 aliphatic rings. The summed E-state index contributed by atoms with van der Waals surface area (Å²) in [6.45, 7) is 3.66. The van der Waals surface area contributed by atoms with Crippen molar-refractivity contribution in [3.05, 3.63) is 46.1 Å². The van der Waals surface area contributed by atoms with E-state index in [0.717, 1.165) is 18.2 Å². The Morgan fingerprint density at radius 1 is 1.31 bits per heavy atom. The average Bonchev–Trinajstić information content (AvgIpc) is 3.13. The predicted molar refractivity (Wildman–Crippen MR) is 117 cm³/mol. The Balaban J connectivity index is 2.16. The van der Waals surface area contributed by atoms with Crippen LogP contribution in [0.1, 0.15) is 46.8 Å². The highest BCUT2D eigenvalue weighted by Gasteiger charge is 2.32. The molecule has 0 aliphatic carbocycles. The second kappa shape index (κ2) is 10.8. The topological polar surface area (TPSA) is 140 Å². The lowest BCUT2D eigenvalue weighted by Crippen LogP contribution is -2.13. The molecule has 9 nitrogen and oxygen atoms in total. The smallest absolute Gasteiger partial charge is 0.342 e. The Labute approximate surface area is 186 Å². The first-order chi connectivity index (χ1) is 15.0. The molecule has 2 atom stereocenters. The fourth-order valence-electron chi connectivity index (χ4n) is 3.59. The molecule has 2 unspecified atom stereocenters. The summed E-state index contributed by atoms with van der Waals surface area (Å²) in [7, 11) is -1.05.